The molecule has 4 N–H and O–H groups in total. The van der Waals surface area contributed by atoms with Gasteiger partial charge in [0, 0.05) is 23.8 Å². The van der Waals surface area contributed by atoms with E-state index in [1.165, 1.54) is 6.92 Å². The lowest BCUT2D eigenvalue weighted by Crippen LogP contribution is -2.40. The Labute approximate surface area is 120 Å². The van der Waals surface area contributed by atoms with Crippen LogP contribution in [0, 0.1) is 13.8 Å². The number of aromatic amines is 1. The van der Waals surface area contributed by atoms with E-state index in [1.807, 2.05) is 0 Å². The summed E-state index contributed by atoms with van der Waals surface area (Å²) < 4.78 is 0. The number of carbonyl (C=O) groups excluding carboxylic acids is 2. The first-order chi connectivity index (χ1) is 9.42. The third-order valence-electron chi connectivity index (χ3n) is 3.54. The Balaban J connectivity index is 2.87. The number of H-pyrrole nitrogens is 1. The van der Waals surface area contributed by atoms with Crippen LogP contribution in [0.15, 0.2) is 0 Å². The SMILES string of the molecule is CCCCC(CN)NC(=O)c1[nH]c(C)c(C(C)=O)c1C. The van der Waals surface area contributed by atoms with Gasteiger partial charge in [0.05, 0.1) is 0 Å². The molecule has 20 heavy (non-hydrogen) atoms. The highest BCUT2D eigenvalue weighted by atomic mass is 16.2. The number of aromatic nitrogens is 1. The largest absolute Gasteiger partial charge is 0.354 e. The summed E-state index contributed by atoms with van der Waals surface area (Å²) in [5, 5.41) is 2.93. The highest BCUT2D eigenvalue weighted by molar-refractivity contribution is 6.02. The molecule has 5 nitrogen and oxygen atoms in total. The molecule has 1 aromatic rings. The van der Waals surface area contributed by atoms with Gasteiger partial charge in [0.25, 0.3) is 5.91 Å². The average molecular weight is 279 g/mol. The molecule has 0 aliphatic rings. The second-order valence-electron chi connectivity index (χ2n) is 5.23. The maximum atomic E-state index is 12.3. The van der Waals surface area contributed by atoms with Gasteiger partial charge in [0.2, 0.25) is 0 Å². The lowest BCUT2D eigenvalue weighted by molar-refractivity contribution is 0.0930. The molecule has 0 saturated heterocycles. The van der Waals surface area contributed by atoms with Crippen molar-refractivity contribution in [3.8, 4) is 0 Å². The predicted molar refractivity (Wildman–Crippen MR) is 80.1 cm³/mol. The molecule has 1 atom stereocenters. The number of carbonyl (C=O) groups is 2. The van der Waals surface area contributed by atoms with Gasteiger partial charge in [-0.25, -0.2) is 0 Å². The summed E-state index contributed by atoms with van der Waals surface area (Å²) in [5.41, 5.74) is 8.19. The maximum Gasteiger partial charge on any atom is 0.268 e. The fraction of sp³-hybridized carbons (Fsp3) is 0.600. The Hall–Kier alpha value is -1.62. The average Bonchev–Trinajstić information content (AvgIpc) is 2.69. The van der Waals surface area contributed by atoms with E-state index in [1.54, 1.807) is 13.8 Å². The predicted octanol–water partition coefficient (Wildman–Crippen LogP) is 2.08. The van der Waals surface area contributed by atoms with E-state index in [0.29, 0.717) is 23.4 Å². The molecular formula is C15H25N3O2. The van der Waals surface area contributed by atoms with Crippen molar-refractivity contribution in [3.05, 3.63) is 22.5 Å². The van der Waals surface area contributed by atoms with Gasteiger partial charge < -0.3 is 16.0 Å². The molecule has 112 valence electrons. The first-order valence-electron chi connectivity index (χ1n) is 7.13. The Morgan fingerprint density at radius 1 is 1.35 bits per heavy atom. The van der Waals surface area contributed by atoms with Gasteiger partial charge >= 0.3 is 0 Å². The van der Waals surface area contributed by atoms with Crippen LogP contribution in [-0.2, 0) is 0 Å². The van der Waals surface area contributed by atoms with Crippen LogP contribution in [0.1, 0.15) is 65.2 Å². The zero-order chi connectivity index (χ0) is 15.3. The number of amides is 1. The molecule has 0 spiro atoms. The van der Waals surface area contributed by atoms with Crippen molar-refractivity contribution in [1.82, 2.24) is 10.3 Å². The second kappa shape index (κ2) is 7.24. The van der Waals surface area contributed by atoms with Crippen molar-refractivity contribution >= 4 is 11.7 Å². The molecule has 1 aromatic heterocycles. The van der Waals surface area contributed by atoms with E-state index >= 15 is 0 Å². The number of nitrogens with one attached hydrogen (secondary N) is 2. The summed E-state index contributed by atoms with van der Waals surface area (Å²) in [5.74, 6) is -0.221. The Morgan fingerprint density at radius 2 is 2.00 bits per heavy atom. The van der Waals surface area contributed by atoms with Crippen molar-refractivity contribution in [2.24, 2.45) is 5.73 Å². The van der Waals surface area contributed by atoms with Gasteiger partial charge in [-0.15, -0.1) is 0 Å². The fourth-order valence-corrected chi connectivity index (χ4v) is 2.46. The summed E-state index contributed by atoms with van der Waals surface area (Å²) in [4.78, 5) is 26.9. The van der Waals surface area contributed by atoms with Crippen LogP contribution < -0.4 is 11.1 Å². The number of nitrogens with two attached hydrogens (primary N) is 1. The Bertz CT molecular complexity index is 492. The normalized spacial score (nSPS) is 12.2. The standard InChI is InChI=1S/C15H25N3O2/c1-5-6-7-12(8-16)18-15(20)14-9(2)13(11(4)19)10(3)17-14/h12,17H,5-8,16H2,1-4H3,(H,18,20). The van der Waals surface area contributed by atoms with Crippen molar-refractivity contribution in [3.63, 3.8) is 0 Å². The smallest absolute Gasteiger partial charge is 0.268 e. The molecule has 1 heterocycles. The van der Waals surface area contributed by atoms with Crippen molar-refractivity contribution < 1.29 is 9.59 Å². The Morgan fingerprint density at radius 3 is 2.45 bits per heavy atom. The molecule has 1 unspecified atom stereocenters. The number of hydrogen-bond acceptors (Lipinski definition) is 3. The molecule has 5 heteroatoms. The van der Waals surface area contributed by atoms with Gasteiger partial charge in [0.15, 0.2) is 5.78 Å². The number of unbranched alkanes of at least 4 members (excludes halogenated alkanes) is 1. The monoisotopic (exact) mass is 279 g/mol. The van der Waals surface area contributed by atoms with Crippen LogP contribution >= 0.6 is 0 Å². The quantitative estimate of drug-likeness (QED) is 0.668. The molecule has 0 bridgehead atoms. The lowest BCUT2D eigenvalue weighted by Gasteiger charge is -2.16. The van der Waals surface area contributed by atoms with Crippen molar-refractivity contribution in [2.45, 2.75) is 53.0 Å². The van der Waals surface area contributed by atoms with E-state index in [0.717, 1.165) is 25.0 Å². The highest BCUT2D eigenvalue weighted by Gasteiger charge is 2.21. The van der Waals surface area contributed by atoms with Crippen molar-refractivity contribution in [1.29, 1.82) is 0 Å². The zero-order valence-corrected chi connectivity index (χ0v) is 12.8. The molecule has 0 aliphatic heterocycles. The molecule has 0 aliphatic carbocycles. The van der Waals surface area contributed by atoms with Crippen LogP contribution in [0.4, 0.5) is 0 Å². The van der Waals surface area contributed by atoms with Gasteiger partial charge in [0.1, 0.15) is 5.69 Å². The summed E-state index contributed by atoms with van der Waals surface area (Å²) >= 11 is 0. The summed E-state index contributed by atoms with van der Waals surface area (Å²) in [6.07, 6.45) is 2.97. The van der Waals surface area contributed by atoms with Gasteiger partial charge in [-0.3, -0.25) is 9.59 Å². The van der Waals surface area contributed by atoms with Gasteiger partial charge in [-0.2, -0.15) is 0 Å². The molecule has 0 aromatic carbocycles. The Kier molecular flexibility index (Phi) is 5.95. The second-order valence-corrected chi connectivity index (χ2v) is 5.23. The summed E-state index contributed by atoms with van der Waals surface area (Å²) in [6, 6.07) is -0.0220. The van der Waals surface area contributed by atoms with Gasteiger partial charge in [-0.05, 0) is 32.8 Å². The van der Waals surface area contributed by atoms with Gasteiger partial charge in [-0.1, -0.05) is 19.8 Å². The van der Waals surface area contributed by atoms with Crippen LogP contribution in [0.5, 0.6) is 0 Å². The maximum absolute atomic E-state index is 12.3. The molecular weight excluding hydrogens is 254 g/mol. The molecule has 1 amide bonds. The summed E-state index contributed by atoms with van der Waals surface area (Å²) in [6.45, 7) is 7.63. The minimum absolute atomic E-state index is 0.0220. The fourth-order valence-electron chi connectivity index (χ4n) is 2.46. The number of rotatable bonds is 7. The highest BCUT2D eigenvalue weighted by Crippen LogP contribution is 2.18. The first kappa shape index (κ1) is 16.4. The van der Waals surface area contributed by atoms with E-state index in [4.69, 9.17) is 5.73 Å². The van der Waals surface area contributed by atoms with E-state index in [-0.39, 0.29) is 17.7 Å². The van der Waals surface area contributed by atoms with Crippen LogP contribution in [0.2, 0.25) is 0 Å². The number of Topliss-reactive ketones (excluding diaryl/α,β-unsaturated/α-hetero) is 1. The van der Waals surface area contributed by atoms with Crippen molar-refractivity contribution in [2.75, 3.05) is 6.54 Å². The third-order valence-corrected chi connectivity index (χ3v) is 3.54. The van der Waals surface area contributed by atoms with E-state index < -0.39 is 0 Å². The molecule has 0 radical (unpaired) electrons. The van der Waals surface area contributed by atoms with Crippen LogP contribution in [0.3, 0.4) is 0 Å². The van der Waals surface area contributed by atoms with E-state index in [9.17, 15) is 9.59 Å². The molecule has 0 saturated carbocycles. The van der Waals surface area contributed by atoms with E-state index in [2.05, 4.69) is 17.2 Å². The molecule has 1 rings (SSSR count). The first-order valence-corrected chi connectivity index (χ1v) is 7.13. The van der Waals surface area contributed by atoms with Crippen LogP contribution in [-0.4, -0.2) is 29.3 Å². The lowest BCUT2D eigenvalue weighted by atomic mass is 10.1. The summed E-state index contributed by atoms with van der Waals surface area (Å²) in [7, 11) is 0. The van der Waals surface area contributed by atoms with Crippen LogP contribution in [0.25, 0.3) is 0 Å². The molecule has 0 fully saturated rings. The topological polar surface area (TPSA) is 88.0 Å². The third kappa shape index (κ3) is 3.70. The minimum atomic E-state index is -0.190. The number of aryl methyl sites for hydroxylation is 1. The number of hydrogen-bond donors (Lipinski definition) is 3. The zero-order valence-electron chi connectivity index (χ0n) is 12.8. The number of ketones is 1. The minimum Gasteiger partial charge on any atom is -0.354 e.